The van der Waals surface area contributed by atoms with Crippen LogP contribution in [0, 0.1) is 5.82 Å². The van der Waals surface area contributed by atoms with E-state index in [2.05, 4.69) is 21.6 Å². The van der Waals surface area contributed by atoms with Crippen LogP contribution >= 0.6 is 0 Å². The molecule has 0 unspecified atom stereocenters. The molecule has 1 aliphatic rings. The lowest BCUT2D eigenvalue weighted by atomic mass is 10.1. The highest BCUT2D eigenvalue weighted by Gasteiger charge is 2.26. The molecule has 4 N–H and O–H groups in total. The molecule has 1 aliphatic carbocycles. The molecule has 4 rings (SSSR count). The lowest BCUT2D eigenvalue weighted by Crippen LogP contribution is -2.03. The van der Waals surface area contributed by atoms with Crippen molar-refractivity contribution in [1.82, 2.24) is 10.2 Å². The Balaban J connectivity index is 1.60. The molecule has 0 aliphatic heterocycles. The predicted molar refractivity (Wildman–Crippen MR) is 94.1 cm³/mol. The second-order valence-corrected chi connectivity index (χ2v) is 6.23. The van der Waals surface area contributed by atoms with Crippen LogP contribution in [-0.4, -0.2) is 10.2 Å². The fourth-order valence-electron chi connectivity index (χ4n) is 2.87. The average Bonchev–Trinajstić information content (AvgIpc) is 3.33. The predicted octanol–water partition coefficient (Wildman–Crippen LogP) is 4.29. The van der Waals surface area contributed by atoms with E-state index >= 15 is 0 Å². The average molecular weight is 322 g/mol. The Hall–Kier alpha value is -2.82. The van der Waals surface area contributed by atoms with Crippen molar-refractivity contribution in [3.8, 4) is 11.3 Å². The number of aromatic amines is 1. The largest absolute Gasteiger partial charge is 0.398 e. The highest BCUT2D eigenvalue weighted by atomic mass is 19.1. The highest BCUT2D eigenvalue weighted by molar-refractivity contribution is 5.86. The second kappa shape index (κ2) is 6.00. The molecule has 0 spiro atoms. The fraction of sp³-hybridized carbons (Fsp3) is 0.211. The number of anilines is 2. The summed E-state index contributed by atoms with van der Waals surface area (Å²) < 4.78 is 13.0. The number of nitrogens with two attached hydrogens (primary N) is 1. The molecule has 0 atom stereocenters. The van der Waals surface area contributed by atoms with E-state index in [4.69, 9.17) is 5.73 Å². The van der Waals surface area contributed by atoms with Gasteiger partial charge in [0.15, 0.2) is 0 Å². The molecule has 1 saturated carbocycles. The number of nitrogens with zero attached hydrogens (tertiary/aromatic N) is 1. The van der Waals surface area contributed by atoms with Crippen LogP contribution in [0.3, 0.4) is 0 Å². The molecule has 3 aromatic rings. The Bertz CT molecular complexity index is 850. The van der Waals surface area contributed by atoms with Crippen LogP contribution < -0.4 is 11.1 Å². The van der Waals surface area contributed by atoms with E-state index in [0.717, 1.165) is 22.5 Å². The van der Waals surface area contributed by atoms with E-state index in [9.17, 15) is 4.39 Å². The van der Waals surface area contributed by atoms with E-state index in [1.807, 2.05) is 18.2 Å². The van der Waals surface area contributed by atoms with Crippen molar-refractivity contribution in [2.45, 2.75) is 25.3 Å². The second-order valence-electron chi connectivity index (χ2n) is 6.23. The van der Waals surface area contributed by atoms with Gasteiger partial charge in [0.05, 0.1) is 5.69 Å². The third kappa shape index (κ3) is 2.97. The summed E-state index contributed by atoms with van der Waals surface area (Å²) in [4.78, 5) is 0. The van der Waals surface area contributed by atoms with Gasteiger partial charge in [-0.25, -0.2) is 4.39 Å². The summed E-state index contributed by atoms with van der Waals surface area (Å²) in [7, 11) is 0. The van der Waals surface area contributed by atoms with Crippen molar-refractivity contribution >= 4 is 11.4 Å². The zero-order chi connectivity index (χ0) is 16.5. The first-order chi connectivity index (χ1) is 11.7. The molecule has 0 amide bonds. The SMILES string of the molecule is Nc1cccc(NCc2ccc(F)cc2)c1-c1cc(C2CC2)[nH]n1. The first-order valence-corrected chi connectivity index (χ1v) is 8.13. The molecule has 5 heteroatoms. The lowest BCUT2D eigenvalue weighted by Gasteiger charge is -2.13. The molecule has 1 fully saturated rings. The number of nitrogen functional groups attached to an aromatic ring is 1. The Labute approximate surface area is 139 Å². The van der Waals surface area contributed by atoms with Crippen LogP contribution in [0.1, 0.15) is 30.0 Å². The van der Waals surface area contributed by atoms with Crippen molar-refractivity contribution in [1.29, 1.82) is 0 Å². The number of nitrogens with one attached hydrogen (secondary N) is 2. The molecule has 122 valence electrons. The smallest absolute Gasteiger partial charge is 0.123 e. The summed E-state index contributed by atoms with van der Waals surface area (Å²) >= 11 is 0. The Morgan fingerprint density at radius 2 is 1.96 bits per heavy atom. The van der Waals surface area contributed by atoms with Crippen LogP contribution in [-0.2, 0) is 6.54 Å². The molecule has 0 bridgehead atoms. The van der Waals surface area contributed by atoms with Gasteiger partial charge >= 0.3 is 0 Å². The fourth-order valence-corrected chi connectivity index (χ4v) is 2.87. The Morgan fingerprint density at radius 3 is 2.71 bits per heavy atom. The molecular formula is C19H19FN4. The Kier molecular flexibility index (Phi) is 3.69. The minimum absolute atomic E-state index is 0.229. The van der Waals surface area contributed by atoms with Crippen LogP contribution in [0.5, 0.6) is 0 Å². The van der Waals surface area contributed by atoms with E-state index in [1.165, 1.54) is 30.7 Å². The summed E-state index contributed by atoms with van der Waals surface area (Å²) in [5.74, 6) is 0.388. The van der Waals surface area contributed by atoms with Gasteiger partial charge in [0, 0.05) is 35.1 Å². The molecule has 0 saturated heterocycles. The summed E-state index contributed by atoms with van der Waals surface area (Å²) in [5.41, 5.74) is 11.8. The summed E-state index contributed by atoms with van der Waals surface area (Å²) in [5, 5.41) is 11.0. The maximum absolute atomic E-state index is 13.0. The number of hydrogen-bond acceptors (Lipinski definition) is 3. The zero-order valence-corrected chi connectivity index (χ0v) is 13.2. The quantitative estimate of drug-likeness (QED) is 0.614. The van der Waals surface area contributed by atoms with Gasteiger partial charge in [-0.2, -0.15) is 5.10 Å². The van der Waals surface area contributed by atoms with Gasteiger partial charge in [-0.15, -0.1) is 0 Å². The first-order valence-electron chi connectivity index (χ1n) is 8.13. The number of rotatable bonds is 5. The van der Waals surface area contributed by atoms with Crippen LogP contribution in [0.15, 0.2) is 48.5 Å². The standard InChI is InChI=1S/C19H19FN4/c20-14-8-4-12(5-9-14)11-22-16-3-1-2-15(21)19(16)18-10-17(23-24-18)13-6-7-13/h1-5,8-10,13,22H,6-7,11,21H2,(H,23,24). The Morgan fingerprint density at radius 1 is 1.17 bits per heavy atom. The van der Waals surface area contributed by atoms with Crippen molar-refractivity contribution < 1.29 is 4.39 Å². The maximum Gasteiger partial charge on any atom is 0.123 e. The van der Waals surface area contributed by atoms with Crippen LogP contribution in [0.4, 0.5) is 15.8 Å². The van der Waals surface area contributed by atoms with Crippen molar-refractivity contribution in [2.75, 3.05) is 11.1 Å². The molecule has 24 heavy (non-hydrogen) atoms. The number of aromatic nitrogens is 2. The van der Waals surface area contributed by atoms with Gasteiger partial charge in [0.1, 0.15) is 5.82 Å². The highest BCUT2D eigenvalue weighted by Crippen LogP contribution is 2.41. The number of halogens is 1. The first kappa shape index (κ1) is 14.8. The minimum atomic E-state index is -0.229. The zero-order valence-electron chi connectivity index (χ0n) is 13.2. The topological polar surface area (TPSA) is 66.7 Å². The summed E-state index contributed by atoms with van der Waals surface area (Å²) in [6.07, 6.45) is 2.45. The van der Waals surface area contributed by atoms with E-state index in [1.54, 1.807) is 12.1 Å². The van der Waals surface area contributed by atoms with Crippen molar-refractivity contribution in [3.05, 3.63) is 65.6 Å². The lowest BCUT2D eigenvalue weighted by molar-refractivity contribution is 0.627. The van der Waals surface area contributed by atoms with Crippen LogP contribution in [0.25, 0.3) is 11.3 Å². The van der Waals surface area contributed by atoms with Gasteiger partial charge in [-0.05, 0) is 48.7 Å². The van der Waals surface area contributed by atoms with E-state index < -0.39 is 0 Å². The van der Waals surface area contributed by atoms with E-state index in [0.29, 0.717) is 18.2 Å². The minimum Gasteiger partial charge on any atom is -0.398 e. The number of hydrogen-bond donors (Lipinski definition) is 3. The van der Waals surface area contributed by atoms with Crippen molar-refractivity contribution in [2.24, 2.45) is 0 Å². The third-order valence-electron chi connectivity index (χ3n) is 4.36. The van der Waals surface area contributed by atoms with Crippen molar-refractivity contribution in [3.63, 3.8) is 0 Å². The summed E-state index contributed by atoms with van der Waals surface area (Å²) in [6, 6.07) is 14.3. The normalized spacial score (nSPS) is 13.9. The van der Waals surface area contributed by atoms with Gasteiger partial charge in [0.2, 0.25) is 0 Å². The van der Waals surface area contributed by atoms with Gasteiger partial charge in [0.25, 0.3) is 0 Å². The van der Waals surface area contributed by atoms with Gasteiger partial charge < -0.3 is 11.1 Å². The third-order valence-corrected chi connectivity index (χ3v) is 4.36. The maximum atomic E-state index is 13.0. The van der Waals surface area contributed by atoms with Gasteiger partial charge in [-0.1, -0.05) is 18.2 Å². The van der Waals surface area contributed by atoms with E-state index in [-0.39, 0.29) is 5.82 Å². The monoisotopic (exact) mass is 322 g/mol. The molecule has 1 heterocycles. The summed E-state index contributed by atoms with van der Waals surface area (Å²) in [6.45, 7) is 0.594. The van der Waals surface area contributed by atoms with Crippen LogP contribution in [0.2, 0.25) is 0 Å². The molecule has 2 aromatic carbocycles. The van der Waals surface area contributed by atoms with Gasteiger partial charge in [-0.3, -0.25) is 5.10 Å². The molecular weight excluding hydrogens is 303 g/mol. The molecule has 0 radical (unpaired) electrons. The molecule has 4 nitrogen and oxygen atoms in total. The number of benzene rings is 2. The number of H-pyrrole nitrogens is 1. The molecule has 1 aromatic heterocycles.